The van der Waals surface area contributed by atoms with Crippen molar-refractivity contribution in [2.24, 2.45) is 5.73 Å². The minimum absolute atomic E-state index is 0.281. The van der Waals surface area contributed by atoms with E-state index in [1.807, 2.05) is 6.07 Å². The highest BCUT2D eigenvalue weighted by molar-refractivity contribution is 6.42. The van der Waals surface area contributed by atoms with E-state index in [0.717, 1.165) is 16.7 Å². The van der Waals surface area contributed by atoms with Gasteiger partial charge < -0.3 is 5.73 Å². The molecule has 0 saturated carbocycles. The van der Waals surface area contributed by atoms with Crippen LogP contribution in [0.2, 0.25) is 10.0 Å². The molecule has 1 nitrogen and oxygen atoms in total. The van der Waals surface area contributed by atoms with Crippen LogP contribution in [0.5, 0.6) is 0 Å². The maximum Gasteiger partial charge on any atom is 0.123 e. The highest BCUT2D eigenvalue weighted by atomic mass is 35.5. The van der Waals surface area contributed by atoms with Gasteiger partial charge in [0, 0.05) is 0 Å². The van der Waals surface area contributed by atoms with Crippen molar-refractivity contribution in [1.82, 2.24) is 0 Å². The molecule has 0 saturated heterocycles. The van der Waals surface area contributed by atoms with Crippen molar-refractivity contribution >= 4 is 23.2 Å². The summed E-state index contributed by atoms with van der Waals surface area (Å²) < 4.78 is 13.4. The summed E-state index contributed by atoms with van der Waals surface area (Å²) in [5.74, 6) is -0.281. The predicted octanol–water partition coefficient (Wildman–Crippen LogP) is 4.30. The number of hydrogen-bond donors (Lipinski definition) is 1. The van der Waals surface area contributed by atoms with Crippen LogP contribution in [0, 0.1) is 5.82 Å². The van der Waals surface area contributed by atoms with Crippen molar-refractivity contribution in [2.45, 2.75) is 6.42 Å². The standard InChI is InChI=1S/C14H12Cl2FN/c15-13-4-2-10(7-14(13)16)12-8-11(17)3-1-9(12)5-6-18/h1-4,7-8H,5-6,18H2. The van der Waals surface area contributed by atoms with Gasteiger partial charge in [-0.1, -0.05) is 35.3 Å². The quantitative estimate of drug-likeness (QED) is 0.893. The van der Waals surface area contributed by atoms with Crippen LogP contribution in [0.25, 0.3) is 11.1 Å². The van der Waals surface area contributed by atoms with Gasteiger partial charge in [0.25, 0.3) is 0 Å². The van der Waals surface area contributed by atoms with Crippen LogP contribution < -0.4 is 5.73 Å². The average molecular weight is 284 g/mol. The van der Waals surface area contributed by atoms with Gasteiger partial charge in [0.05, 0.1) is 10.0 Å². The van der Waals surface area contributed by atoms with Crippen LogP contribution in [0.3, 0.4) is 0 Å². The molecule has 0 aromatic heterocycles. The molecule has 0 spiro atoms. The van der Waals surface area contributed by atoms with Crippen molar-refractivity contribution in [3.8, 4) is 11.1 Å². The second-order valence-electron chi connectivity index (χ2n) is 3.97. The summed E-state index contributed by atoms with van der Waals surface area (Å²) in [6.07, 6.45) is 0.690. The van der Waals surface area contributed by atoms with Crippen LogP contribution in [-0.2, 0) is 6.42 Å². The third kappa shape index (κ3) is 2.83. The van der Waals surface area contributed by atoms with Gasteiger partial charge in [0.1, 0.15) is 5.82 Å². The fraction of sp³-hybridized carbons (Fsp3) is 0.143. The second-order valence-corrected chi connectivity index (χ2v) is 4.78. The van der Waals surface area contributed by atoms with Crippen molar-refractivity contribution in [1.29, 1.82) is 0 Å². The van der Waals surface area contributed by atoms with Gasteiger partial charge >= 0.3 is 0 Å². The lowest BCUT2D eigenvalue weighted by molar-refractivity contribution is 0.627. The van der Waals surface area contributed by atoms with Crippen LogP contribution >= 0.6 is 23.2 Å². The Hall–Kier alpha value is -1.09. The van der Waals surface area contributed by atoms with Gasteiger partial charge in [0.2, 0.25) is 0 Å². The Labute approximate surface area is 115 Å². The van der Waals surface area contributed by atoms with Crippen LogP contribution in [0.1, 0.15) is 5.56 Å². The lowest BCUT2D eigenvalue weighted by atomic mass is 9.97. The lowest BCUT2D eigenvalue weighted by Gasteiger charge is -2.10. The Bertz CT molecular complexity index is 570. The van der Waals surface area contributed by atoms with E-state index in [0.29, 0.717) is 23.0 Å². The molecule has 18 heavy (non-hydrogen) atoms. The molecule has 0 heterocycles. The van der Waals surface area contributed by atoms with Crippen LogP contribution in [-0.4, -0.2) is 6.54 Å². The topological polar surface area (TPSA) is 26.0 Å². The number of halogens is 3. The molecular formula is C14H12Cl2FN. The van der Waals surface area contributed by atoms with Gasteiger partial charge in [-0.05, 0) is 53.9 Å². The monoisotopic (exact) mass is 283 g/mol. The third-order valence-corrected chi connectivity index (χ3v) is 3.46. The van der Waals surface area contributed by atoms with E-state index < -0.39 is 0 Å². The Morgan fingerprint density at radius 1 is 1.00 bits per heavy atom. The first kappa shape index (κ1) is 13.3. The Morgan fingerprint density at radius 2 is 1.78 bits per heavy atom. The maximum absolute atomic E-state index is 13.4. The van der Waals surface area contributed by atoms with Gasteiger partial charge in [-0.2, -0.15) is 0 Å². The molecule has 2 aromatic rings. The Kier molecular flexibility index (Phi) is 4.23. The first-order chi connectivity index (χ1) is 8.61. The van der Waals surface area contributed by atoms with Crippen molar-refractivity contribution < 1.29 is 4.39 Å². The molecular weight excluding hydrogens is 272 g/mol. The molecule has 0 unspecified atom stereocenters. The molecule has 0 aliphatic rings. The summed E-state index contributed by atoms with van der Waals surface area (Å²) in [5.41, 5.74) is 8.20. The third-order valence-electron chi connectivity index (χ3n) is 2.72. The second kappa shape index (κ2) is 5.70. The zero-order chi connectivity index (χ0) is 13.1. The van der Waals surface area contributed by atoms with Crippen molar-refractivity contribution in [2.75, 3.05) is 6.54 Å². The Morgan fingerprint density at radius 3 is 2.44 bits per heavy atom. The molecule has 0 atom stereocenters. The van der Waals surface area contributed by atoms with E-state index in [1.165, 1.54) is 12.1 Å². The molecule has 0 bridgehead atoms. The minimum Gasteiger partial charge on any atom is -0.330 e. The van der Waals surface area contributed by atoms with E-state index in [1.54, 1.807) is 18.2 Å². The number of nitrogens with two attached hydrogens (primary N) is 1. The van der Waals surface area contributed by atoms with E-state index in [4.69, 9.17) is 28.9 Å². The highest BCUT2D eigenvalue weighted by Crippen LogP contribution is 2.31. The maximum atomic E-state index is 13.4. The van der Waals surface area contributed by atoms with E-state index in [9.17, 15) is 4.39 Å². The van der Waals surface area contributed by atoms with E-state index >= 15 is 0 Å². The van der Waals surface area contributed by atoms with Crippen molar-refractivity contribution in [3.05, 3.63) is 57.8 Å². The summed E-state index contributed by atoms with van der Waals surface area (Å²) in [6, 6.07) is 9.94. The molecule has 0 aliphatic carbocycles. The molecule has 4 heteroatoms. The predicted molar refractivity (Wildman–Crippen MR) is 74.6 cm³/mol. The molecule has 2 N–H and O–H groups in total. The van der Waals surface area contributed by atoms with Gasteiger partial charge in [-0.15, -0.1) is 0 Å². The van der Waals surface area contributed by atoms with Gasteiger partial charge in [-0.3, -0.25) is 0 Å². The minimum atomic E-state index is -0.281. The molecule has 2 rings (SSSR count). The van der Waals surface area contributed by atoms with Crippen LogP contribution in [0.15, 0.2) is 36.4 Å². The number of rotatable bonds is 3. The molecule has 94 valence electrons. The van der Waals surface area contributed by atoms with E-state index in [-0.39, 0.29) is 5.82 Å². The fourth-order valence-electron chi connectivity index (χ4n) is 1.85. The zero-order valence-corrected chi connectivity index (χ0v) is 11.1. The summed E-state index contributed by atoms with van der Waals surface area (Å²) in [7, 11) is 0. The largest absolute Gasteiger partial charge is 0.330 e. The first-order valence-electron chi connectivity index (χ1n) is 5.55. The van der Waals surface area contributed by atoms with Gasteiger partial charge in [0.15, 0.2) is 0 Å². The Balaban J connectivity index is 2.54. The van der Waals surface area contributed by atoms with Crippen LogP contribution in [0.4, 0.5) is 4.39 Å². The summed E-state index contributed by atoms with van der Waals surface area (Å²) in [6.45, 7) is 0.514. The molecule has 0 fully saturated rings. The first-order valence-corrected chi connectivity index (χ1v) is 6.31. The average Bonchev–Trinajstić information content (AvgIpc) is 2.35. The normalized spacial score (nSPS) is 10.7. The SMILES string of the molecule is NCCc1ccc(F)cc1-c1ccc(Cl)c(Cl)c1. The molecule has 0 radical (unpaired) electrons. The number of benzene rings is 2. The summed E-state index contributed by atoms with van der Waals surface area (Å²) in [5, 5.41) is 0.939. The number of hydrogen-bond acceptors (Lipinski definition) is 1. The summed E-state index contributed by atoms with van der Waals surface area (Å²) >= 11 is 11.9. The fourth-order valence-corrected chi connectivity index (χ4v) is 2.15. The van der Waals surface area contributed by atoms with Crippen molar-refractivity contribution in [3.63, 3.8) is 0 Å². The molecule has 0 aliphatic heterocycles. The smallest absolute Gasteiger partial charge is 0.123 e. The van der Waals surface area contributed by atoms with Gasteiger partial charge in [-0.25, -0.2) is 4.39 Å². The molecule has 2 aromatic carbocycles. The molecule has 0 amide bonds. The lowest BCUT2D eigenvalue weighted by Crippen LogP contribution is -2.04. The zero-order valence-electron chi connectivity index (χ0n) is 9.59. The highest BCUT2D eigenvalue weighted by Gasteiger charge is 2.08. The van der Waals surface area contributed by atoms with E-state index in [2.05, 4.69) is 0 Å². The summed E-state index contributed by atoms with van der Waals surface area (Å²) in [4.78, 5) is 0.